The lowest BCUT2D eigenvalue weighted by Gasteiger charge is -2.34. The standard InChI is InChI=1S/C10H19NO/c12-10-6-3-7-11(8-10)9-4-1-2-5-9/h9-10,12H,1-8H2/t10-/m0/s1. The Labute approximate surface area is 74.6 Å². The Morgan fingerprint density at radius 2 is 1.75 bits per heavy atom. The fraction of sp³-hybridized carbons (Fsp3) is 1.00. The highest BCUT2D eigenvalue weighted by Crippen LogP contribution is 2.25. The average Bonchev–Trinajstić information content (AvgIpc) is 2.56. The number of hydrogen-bond acceptors (Lipinski definition) is 2. The first-order chi connectivity index (χ1) is 5.86. The summed E-state index contributed by atoms with van der Waals surface area (Å²) in [5, 5.41) is 9.50. The van der Waals surface area contributed by atoms with Crippen molar-refractivity contribution < 1.29 is 5.11 Å². The Hall–Kier alpha value is -0.0800. The third-order valence-electron chi connectivity index (χ3n) is 3.27. The number of β-amino-alcohol motifs (C(OH)–C–C–N with tert-alkyl or cyclic N) is 1. The van der Waals surface area contributed by atoms with Gasteiger partial charge in [0.25, 0.3) is 0 Å². The molecule has 0 aromatic carbocycles. The zero-order valence-corrected chi connectivity index (χ0v) is 7.71. The predicted octanol–water partition coefficient (Wildman–Crippen LogP) is 1.39. The summed E-state index contributed by atoms with van der Waals surface area (Å²) in [5.74, 6) is 0. The molecule has 1 aliphatic heterocycles. The van der Waals surface area contributed by atoms with Crippen LogP contribution in [-0.2, 0) is 0 Å². The summed E-state index contributed by atoms with van der Waals surface area (Å²) in [4.78, 5) is 2.50. The molecule has 2 aliphatic rings. The van der Waals surface area contributed by atoms with Crippen LogP contribution in [0.25, 0.3) is 0 Å². The van der Waals surface area contributed by atoms with Crippen LogP contribution in [0, 0.1) is 0 Å². The molecule has 1 saturated heterocycles. The molecule has 2 rings (SSSR count). The molecule has 1 atom stereocenters. The molecule has 0 amide bonds. The molecule has 2 nitrogen and oxygen atoms in total. The first-order valence-corrected chi connectivity index (χ1v) is 5.28. The number of rotatable bonds is 1. The molecule has 70 valence electrons. The van der Waals surface area contributed by atoms with E-state index >= 15 is 0 Å². The van der Waals surface area contributed by atoms with Gasteiger partial charge in [-0.3, -0.25) is 4.90 Å². The van der Waals surface area contributed by atoms with Gasteiger partial charge in [-0.1, -0.05) is 12.8 Å². The summed E-state index contributed by atoms with van der Waals surface area (Å²) in [6.45, 7) is 2.16. The summed E-state index contributed by atoms with van der Waals surface area (Å²) in [5.41, 5.74) is 0. The molecular formula is C10H19NO. The van der Waals surface area contributed by atoms with Gasteiger partial charge in [-0.05, 0) is 32.2 Å². The second-order valence-corrected chi connectivity index (χ2v) is 4.23. The van der Waals surface area contributed by atoms with E-state index in [0.717, 1.165) is 19.0 Å². The third-order valence-corrected chi connectivity index (χ3v) is 3.27. The monoisotopic (exact) mass is 169 g/mol. The molecule has 1 N–H and O–H groups in total. The molecular weight excluding hydrogens is 150 g/mol. The molecule has 2 heteroatoms. The molecule has 0 unspecified atom stereocenters. The van der Waals surface area contributed by atoms with E-state index in [4.69, 9.17) is 0 Å². The SMILES string of the molecule is O[C@H]1CCCN(C2CCCC2)C1. The van der Waals surface area contributed by atoms with Gasteiger partial charge in [-0.15, -0.1) is 0 Å². The second-order valence-electron chi connectivity index (χ2n) is 4.23. The fourth-order valence-electron chi connectivity index (χ4n) is 2.58. The van der Waals surface area contributed by atoms with Gasteiger partial charge in [0.15, 0.2) is 0 Å². The van der Waals surface area contributed by atoms with Gasteiger partial charge in [-0.2, -0.15) is 0 Å². The van der Waals surface area contributed by atoms with Crippen molar-refractivity contribution in [2.24, 2.45) is 0 Å². The third kappa shape index (κ3) is 1.80. The van der Waals surface area contributed by atoms with E-state index in [0.29, 0.717) is 0 Å². The zero-order valence-electron chi connectivity index (χ0n) is 7.71. The Kier molecular flexibility index (Phi) is 2.66. The predicted molar refractivity (Wildman–Crippen MR) is 49.1 cm³/mol. The quantitative estimate of drug-likeness (QED) is 0.641. The summed E-state index contributed by atoms with van der Waals surface area (Å²) in [6, 6.07) is 0.806. The Morgan fingerprint density at radius 3 is 2.42 bits per heavy atom. The van der Waals surface area contributed by atoms with Crippen molar-refractivity contribution in [2.75, 3.05) is 13.1 Å². The number of hydrogen-bond donors (Lipinski definition) is 1. The van der Waals surface area contributed by atoms with Crippen LogP contribution in [-0.4, -0.2) is 35.2 Å². The van der Waals surface area contributed by atoms with E-state index < -0.39 is 0 Å². The lowest BCUT2D eigenvalue weighted by atomic mass is 10.1. The first kappa shape index (κ1) is 8.52. The van der Waals surface area contributed by atoms with Gasteiger partial charge in [0.05, 0.1) is 6.10 Å². The van der Waals surface area contributed by atoms with Crippen molar-refractivity contribution >= 4 is 0 Å². The van der Waals surface area contributed by atoms with Crippen LogP contribution in [0.3, 0.4) is 0 Å². The number of nitrogens with zero attached hydrogens (tertiary/aromatic N) is 1. The maximum Gasteiger partial charge on any atom is 0.0667 e. The minimum absolute atomic E-state index is 0.0423. The first-order valence-electron chi connectivity index (χ1n) is 5.28. The average molecular weight is 169 g/mol. The van der Waals surface area contributed by atoms with E-state index in [2.05, 4.69) is 4.90 Å². The molecule has 0 radical (unpaired) electrons. The molecule has 12 heavy (non-hydrogen) atoms. The van der Waals surface area contributed by atoms with Gasteiger partial charge in [-0.25, -0.2) is 0 Å². The maximum atomic E-state index is 9.50. The van der Waals surface area contributed by atoms with Gasteiger partial charge < -0.3 is 5.11 Å². The van der Waals surface area contributed by atoms with Crippen LogP contribution >= 0.6 is 0 Å². The van der Waals surface area contributed by atoms with E-state index in [1.54, 1.807) is 0 Å². The van der Waals surface area contributed by atoms with Crippen molar-refractivity contribution in [3.8, 4) is 0 Å². The molecule has 0 bridgehead atoms. The summed E-state index contributed by atoms with van der Waals surface area (Å²) in [6.07, 6.45) is 7.70. The number of likely N-dealkylation sites (tertiary alicyclic amines) is 1. The maximum absolute atomic E-state index is 9.50. The Bertz CT molecular complexity index is 143. The van der Waals surface area contributed by atoms with E-state index in [-0.39, 0.29) is 6.10 Å². The summed E-state index contributed by atoms with van der Waals surface area (Å²) < 4.78 is 0. The molecule has 0 aromatic heterocycles. The molecule has 2 fully saturated rings. The fourth-order valence-corrected chi connectivity index (χ4v) is 2.58. The van der Waals surface area contributed by atoms with Gasteiger partial charge in [0.1, 0.15) is 0 Å². The Balaban J connectivity index is 1.85. The van der Waals surface area contributed by atoms with Crippen molar-refractivity contribution in [1.29, 1.82) is 0 Å². The number of aliphatic hydroxyl groups excluding tert-OH is 1. The van der Waals surface area contributed by atoms with E-state index in [1.807, 2.05) is 0 Å². The van der Waals surface area contributed by atoms with Crippen LogP contribution in [0.2, 0.25) is 0 Å². The number of piperidine rings is 1. The van der Waals surface area contributed by atoms with E-state index in [1.165, 1.54) is 38.6 Å². The summed E-state index contributed by atoms with van der Waals surface area (Å²) in [7, 11) is 0. The topological polar surface area (TPSA) is 23.5 Å². The van der Waals surface area contributed by atoms with Gasteiger partial charge in [0.2, 0.25) is 0 Å². The highest BCUT2D eigenvalue weighted by atomic mass is 16.3. The molecule has 1 heterocycles. The highest BCUT2D eigenvalue weighted by molar-refractivity contribution is 4.81. The lowest BCUT2D eigenvalue weighted by Crippen LogP contribution is -2.43. The van der Waals surface area contributed by atoms with Gasteiger partial charge in [0, 0.05) is 12.6 Å². The van der Waals surface area contributed by atoms with Crippen LogP contribution in [0.15, 0.2) is 0 Å². The lowest BCUT2D eigenvalue weighted by molar-refractivity contribution is 0.0479. The summed E-state index contributed by atoms with van der Waals surface area (Å²) >= 11 is 0. The molecule has 1 aliphatic carbocycles. The van der Waals surface area contributed by atoms with Crippen LogP contribution in [0.5, 0.6) is 0 Å². The van der Waals surface area contributed by atoms with Crippen LogP contribution in [0.1, 0.15) is 38.5 Å². The van der Waals surface area contributed by atoms with Gasteiger partial charge >= 0.3 is 0 Å². The molecule has 1 saturated carbocycles. The normalized spacial score (nSPS) is 34.2. The van der Waals surface area contributed by atoms with Crippen LogP contribution in [0.4, 0.5) is 0 Å². The molecule has 0 spiro atoms. The second kappa shape index (κ2) is 3.75. The van der Waals surface area contributed by atoms with Crippen molar-refractivity contribution in [2.45, 2.75) is 50.7 Å². The van der Waals surface area contributed by atoms with Crippen molar-refractivity contribution in [1.82, 2.24) is 4.90 Å². The molecule has 0 aromatic rings. The van der Waals surface area contributed by atoms with Crippen molar-refractivity contribution in [3.63, 3.8) is 0 Å². The number of aliphatic hydroxyl groups is 1. The highest BCUT2D eigenvalue weighted by Gasteiger charge is 2.26. The van der Waals surface area contributed by atoms with Crippen molar-refractivity contribution in [3.05, 3.63) is 0 Å². The Morgan fingerprint density at radius 1 is 1.00 bits per heavy atom. The minimum atomic E-state index is -0.0423. The van der Waals surface area contributed by atoms with Crippen LogP contribution < -0.4 is 0 Å². The minimum Gasteiger partial charge on any atom is -0.392 e. The van der Waals surface area contributed by atoms with E-state index in [9.17, 15) is 5.11 Å². The smallest absolute Gasteiger partial charge is 0.0667 e. The zero-order chi connectivity index (χ0) is 8.39. The largest absolute Gasteiger partial charge is 0.392 e.